The lowest BCUT2D eigenvalue weighted by Crippen LogP contribution is -2.47. The first-order valence-electron chi connectivity index (χ1n) is 7.30. The number of rotatable bonds is 7. The molecule has 2 rings (SSSR count). The monoisotopic (exact) mass is 280 g/mol. The molecule has 1 aliphatic heterocycles. The summed E-state index contributed by atoms with van der Waals surface area (Å²) in [5.74, 6) is 0.0587. The maximum Gasteiger partial charge on any atom is 0.237 e. The molecule has 1 amide bonds. The van der Waals surface area contributed by atoms with Crippen molar-refractivity contribution in [3.8, 4) is 0 Å². The van der Waals surface area contributed by atoms with E-state index in [1.807, 2.05) is 13.8 Å². The minimum atomic E-state index is -0.169. The number of hydrogen-bond acceptors (Lipinski definition) is 4. The number of unbranched alkanes of at least 4 members (excludes halogenated alkanes) is 1. The zero-order chi connectivity index (χ0) is 14.4. The van der Waals surface area contributed by atoms with Gasteiger partial charge in [-0.15, -0.1) is 0 Å². The van der Waals surface area contributed by atoms with E-state index in [2.05, 4.69) is 20.6 Å². The van der Waals surface area contributed by atoms with E-state index in [1.165, 1.54) is 0 Å². The number of amides is 1. The van der Waals surface area contributed by atoms with Crippen LogP contribution in [0, 0.1) is 0 Å². The predicted molar refractivity (Wildman–Crippen MR) is 76.3 cm³/mol. The summed E-state index contributed by atoms with van der Waals surface area (Å²) in [7, 11) is 0. The van der Waals surface area contributed by atoms with Gasteiger partial charge in [0.25, 0.3) is 0 Å². The number of nitrogens with zero attached hydrogens (tertiary/aromatic N) is 1. The van der Waals surface area contributed by atoms with Crippen LogP contribution in [0.1, 0.15) is 38.1 Å². The molecule has 3 N–H and O–H groups in total. The zero-order valence-corrected chi connectivity index (χ0v) is 12.2. The maximum absolute atomic E-state index is 12.0. The molecule has 1 unspecified atom stereocenters. The van der Waals surface area contributed by atoms with Crippen LogP contribution >= 0.6 is 0 Å². The van der Waals surface area contributed by atoms with Crippen molar-refractivity contribution >= 4 is 5.91 Å². The Morgan fingerprint density at radius 1 is 1.55 bits per heavy atom. The van der Waals surface area contributed by atoms with E-state index in [0.717, 1.165) is 30.8 Å². The highest BCUT2D eigenvalue weighted by Crippen LogP contribution is 2.11. The largest absolute Gasteiger partial charge is 0.379 e. The topological polar surface area (TPSA) is 79.0 Å². The van der Waals surface area contributed by atoms with Gasteiger partial charge in [-0.1, -0.05) is 0 Å². The van der Waals surface area contributed by atoms with E-state index in [4.69, 9.17) is 4.74 Å². The van der Waals surface area contributed by atoms with Crippen molar-refractivity contribution < 1.29 is 9.53 Å². The zero-order valence-electron chi connectivity index (χ0n) is 12.2. The van der Waals surface area contributed by atoms with Crippen LogP contribution in [0.2, 0.25) is 0 Å². The molecule has 20 heavy (non-hydrogen) atoms. The van der Waals surface area contributed by atoms with E-state index < -0.39 is 0 Å². The fraction of sp³-hybridized carbons (Fsp3) is 0.714. The summed E-state index contributed by atoms with van der Waals surface area (Å²) >= 11 is 0. The quantitative estimate of drug-likeness (QED) is 0.644. The molecule has 0 aliphatic carbocycles. The molecular formula is C14H24N4O2. The van der Waals surface area contributed by atoms with Crippen molar-refractivity contribution in [3.63, 3.8) is 0 Å². The fourth-order valence-electron chi connectivity index (χ4n) is 2.24. The van der Waals surface area contributed by atoms with Gasteiger partial charge in [-0.05, 0) is 26.7 Å². The standard InChI is InChI=1S/C14H24N4O2/c1-10(2)20-6-4-3-5-15-14(19)12-7-11-13(8-16-12)18-9-17-11/h9-10,12,16H,3-8H2,1-2H3,(H,15,19)(H,17,18). The lowest BCUT2D eigenvalue weighted by molar-refractivity contribution is -0.123. The summed E-state index contributed by atoms with van der Waals surface area (Å²) in [5.41, 5.74) is 2.08. The molecule has 0 bridgehead atoms. The summed E-state index contributed by atoms with van der Waals surface area (Å²) in [4.78, 5) is 19.3. The summed E-state index contributed by atoms with van der Waals surface area (Å²) in [5, 5.41) is 6.19. The molecule has 6 heteroatoms. The first kappa shape index (κ1) is 15.0. The van der Waals surface area contributed by atoms with Crippen molar-refractivity contribution in [2.24, 2.45) is 0 Å². The van der Waals surface area contributed by atoms with E-state index in [-0.39, 0.29) is 18.1 Å². The summed E-state index contributed by atoms with van der Waals surface area (Å²) < 4.78 is 5.46. The molecule has 0 saturated heterocycles. The molecule has 1 aromatic heterocycles. The first-order chi connectivity index (χ1) is 9.66. The Hall–Kier alpha value is -1.40. The van der Waals surface area contributed by atoms with Gasteiger partial charge < -0.3 is 15.0 Å². The van der Waals surface area contributed by atoms with Crippen molar-refractivity contribution in [3.05, 3.63) is 17.7 Å². The van der Waals surface area contributed by atoms with Gasteiger partial charge in [0, 0.05) is 26.1 Å². The molecule has 1 aliphatic rings. The number of aromatic amines is 1. The maximum atomic E-state index is 12.0. The number of aromatic nitrogens is 2. The van der Waals surface area contributed by atoms with E-state index in [1.54, 1.807) is 6.33 Å². The second-order valence-electron chi connectivity index (χ2n) is 5.38. The van der Waals surface area contributed by atoms with Gasteiger partial charge in [-0.25, -0.2) is 4.98 Å². The summed E-state index contributed by atoms with van der Waals surface area (Å²) in [6, 6.07) is -0.169. The molecule has 0 saturated carbocycles. The minimum Gasteiger partial charge on any atom is -0.379 e. The molecule has 6 nitrogen and oxygen atoms in total. The molecule has 0 radical (unpaired) electrons. The Labute approximate surface area is 119 Å². The van der Waals surface area contributed by atoms with Gasteiger partial charge in [-0.2, -0.15) is 0 Å². The Morgan fingerprint density at radius 2 is 2.40 bits per heavy atom. The van der Waals surface area contributed by atoms with Crippen molar-refractivity contribution in [2.75, 3.05) is 13.2 Å². The molecule has 1 aromatic rings. The average molecular weight is 280 g/mol. The summed E-state index contributed by atoms with van der Waals surface area (Å²) in [6.45, 7) is 6.19. The van der Waals surface area contributed by atoms with E-state index in [9.17, 15) is 4.79 Å². The van der Waals surface area contributed by atoms with Gasteiger partial charge >= 0.3 is 0 Å². The van der Waals surface area contributed by atoms with Crippen LogP contribution in [0.5, 0.6) is 0 Å². The predicted octanol–water partition coefficient (Wildman–Crippen LogP) is 0.745. The third-order valence-electron chi connectivity index (χ3n) is 3.37. The van der Waals surface area contributed by atoms with Gasteiger partial charge in [0.2, 0.25) is 5.91 Å². The molecule has 0 fully saturated rings. The van der Waals surface area contributed by atoms with Crippen LogP contribution in [0.15, 0.2) is 6.33 Å². The summed E-state index contributed by atoms with van der Waals surface area (Å²) in [6.07, 6.45) is 4.53. The van der Waals surface area contributed by atoms with Crippen molar-refractivity contribution in [2.45, 2.75) is 51.8 Å². The van der Waals surface area contributed by atoms with Crippen LogP contribution in [0.25, 0.3) is 0 Å². The second kappa shape index (κ2) is 7.40. The Balaban J connectivity index is 1.61. The number of imidazole rings is 1. The van der Waals surface area contributed by atoms with Crippen LogP contribution in [-0.2, 0) is 22.5 Å². The normalized spacial score (nSPS) is 18.1. The number of carbonyl (C=O) groups is 1. The molecule has 0 spiro atoms. The number of carbonyl (C=O) groups excluding carboxylic acids is 1. The minimum absolute atomic E-state index is 0.0587. The highest BCUT2D eigenvalue weighted by molar-refractivity contribution is 5.82. The fourth-order valence-corrected chi connectivity index (χ4v) is 2.24. The number of fused-ring (bicyclic) bond motifs is 1. The molecule has 0 aromatic carbocycles. The van der Waals surface area contributed by atoms with Gasteiger partial charge in [0.05, 0.1) is 29.9 Å². The third kappa shape index (κ3) is 4.31. The lowest BCUT2D eigenvalue weighted by Gasteiger charge is -2.22. The number of ether oxygens (including phenoxy) is 1. The Bertz CT molecular complexity index is 431. The van der Waals surface area contributed by atoms with E-state index >= 15 is 0 Å². The highest BCUT2D eigenvalue weighted by atomic mass is 16.5. The number of H-pyrrole nitrogens is 1. The van der Waals surface area contributed by atoms with Crippen LogP contribution < -0.4 is 10.6 Å². The van der Waals surface area contributed by atoms with Gasteiger partial charge in [0.1, 0.15) is 0 Å². The van der Waals surface area contributed by atoms with Gasteiger partial charge in [-0.3, -0.25) is 10.1 Å². The smallest absolute Gasteiger partial charge is 0.237 e. The highest BCUT2D eigenvalue weighted by Gasteiger charge is 2.25. The Morgan fingerprint density at radius 3 is 3.20 bits per heavy atom. The molecule has 2 heterocycles. The number of hydrogen-bond donors (Lipinski definition) is 3. The molecular weight excluding hydrogens is 256 g/mol. The average Bonchev–Trinajstić information content (AvgIpc) is 2.89. The number of nitrogens with one attached hydrogen (secondary N) is 3. The second-order valence-corrected chi connectivity index (χ2v) is 5.38. The Kier molecular flexibility index (Phi) is 5.55. The SMILES string of the molecule is CC(C)OCCCCNC(=O)C1Cc2nc[nH]c2CN1. The van der Waals surface area contributed by atoms with Crippen molar-refractivity contribution in [1.82, 2.24) is 20.6 Å². The van der Waals surface area contributed by atoms with Crippen LogP contribution in [0.4, 0.5) is 0 Å². The van der Waals surface area contributed by atoms with E-state index in [0.29, 0.717) is 19.5 Å². The first-order valence-corrected chi connectivity index (χ1v) is 7.30. The van der Waals surface area contributed by atoms with Crippen LogP contribution in [0.3, 0.4) is 0 Å². The lowest BCUT2D eigenvalue weighted by atomic mass is 10.0. The molecule has 112 valence electrons. The van der Waals surface area contributed by atoms with Crippen molar-refractivity contribution in [1.29, 1.82) is 0 Å². The third-order valence-corrected chi connectivity index (χ3v) is 3.37. The van der Waals surface area contributed by atoms with Gasteiger partial charge in [0.15, 0.2) is 0 Å². The molecule has 1 atom stereocenters. The van der Waals surface area contributed by atoms with Crippen LogP contribution in [-0.4, -0.2) is 41.2 Å².